The number of carbonyl (C=O) groups is 4. The molecule has 4 rings (SSSR count). The third-order valence-electron chi connectivity index (χ3n) is 6.50. The van der Waals surface area contributed by atoms with E-state index in [1.807, 2.05) is 19.1 Å². The summed E-state index contributed by atoms with van der Waals surface area (Å²) in [6.45, 7) is 3.37. The fourth-order valence-corrected chi connectivity index (χ4v) is 4.87. The van der Waals surface area contributed by atoms with Crippen molar-refractivity contribution in [1.82, 2.24) is 10.0 Å². The molecule has 7 nitrogen and oxygen atoms in total. The number of nitrogens with zero attached hydrogens (tertiary/aromatic N) is 2. The highest BCUT2D eigenvalue weighted by Crippen LogP contribution is 2.40. The van der Waals surface area contributed by atoms with Crippen LogP contribution in [-0.4, -0.2) is 46.7 Å². The van der Waals surface area contributed by atoms with Crippen LogP contribution in [0.4, 0.5) is 0 Å². The van der Waals surface area contributed by atoms with Gasteiger partial charge in [0.25, 0.3) is 17.7 Å². The first-order valence-electron chi connectivity index (χ1n) is 11.1. The summed E-state index contributed by atoms with van der Waals surface area (Å²) in [6.07, 6.45) is 4.19. The predicted octanol–water partition coefficient (Wildman–Crippen LogP) is 4.17. The zero-order valence-corrected chi connectivity index (χ0v) is 19.9. The van der Waals surface area contributed by atoms with Crippen LogP contribution >= 0.6 is 11.6 Å². The first-order chi connectivity index (χ1) is 16.3. The summed E-state index contributed by atoms with van der Waals surface area (Å²) in [6, 6.07) is 11.6. The molecule has 1 saturated heterocycles. The maximum atomic E-state index is 13.7. The first kappa shape index (κ1) is 23.7. The number of imide groups is 1. The van der Waals surface area contributed by atoms with Crippen LogP contribution in [0.15, 0.2) is 60.7 Å². The molecule has 0 aromatic heterocycles. The number of hydrogen-bond acceptors (Lipinski definition) is 5. The zero-order valence-electron chi connectivity index (χ0n) is 19.1. The standard InChI is InChI=1S/C26H25ClN2O5/c1-15-7-6-9-20-22(15)26(33)29(25(20)32)28(24(31)19-8-4-5-10-21(19)27)16(2)23(30)17-11-13-18(34-3)14-12-17/h4-8,10-16,20,22H,9H2,1-3H3/t15-,16+,20-,22-/m1/s1. The zero-order chi connectivity index (χ0) is 24.6. The predicted molar refractivity (Wildman–Crippen MR) is 126 cm³/mol. The largest absolute Gasteiger partial charge is 0.497 e. The number of hydrazine groups is 1. The summed E-state index contributed by atoms with van der Waals surface area (Å²) in [5, 5.41) is 2.01. The SMILES string of the molecule is COc1ccc(C(=O)[C@H](C)N(C(=O)c2ccccc2Cl)N2C(=O)[C@@H]3[C@H](C)C=CC[C@H]3C2=O)cc1. The van der Waals surface area contributed by atoms with Crippen molar-refractivity contribution in [3.63, 3.8) is 0 Å². The molecule has 4 atom stereocenters. The van der Waals surface area contributed by atoms with E-state index in [-0.39, 0.29) is 16.5 Å². The highest BCUT2D eigenvalue weighted by Gasteiger charge is 2.54. The molecule has 8 heteroatoms. The Hall–Kier alpha value is -3.45. The maximum absolute atomic E-state index is 13.7. The molecule has 0 radical (unpaired) electrons. The lowest BCUT2D eigenvalue weighted by molar-refractivity contribution is -0.156. The van der Waals surface area contributed by atoms with Gasteiger partial charge in [0.1, 0.15) is 11.8 Å². The van der Waals surface area contributed by atoms with Gasteiger partial charge in [0.15, 0.2) is 5.78 Å². The third kappa shape index (κ3) is 4.01. The number of allylic oxidation sites excluding steroid dienone is 2. The first-order valence-corrected chi connectivity index (χ1v) is 11.4. The average molecular weight is 481 g/mol. The van der Waals surface area contributed by atoms with E-state index in [0.717, 1.165) is 10.0 Å². The van der Waals surface area contributed by atoms with Gasteiger partial charge < -0.3 is 4.74 Å². The van der Waals surface area contributed by atoms with Crippen LogP contribution in [0, 0.1) is 17.8 Å². The van der Waals surface area contributed by atoms with Crippen LogP contribution in [-0.2, 0) is 9.59 Å². The molecular formula is C26H25ClN2O5. The molecule has 0 N–H and O–H groups in total. The van der Waals surface area contributed by atoms with Crippen LogP contribution in [0.5, 0.6) is 5.75 Å². The number of ketones is 1. The molecule has 1 fully saturated rings. The van der Waals surface area contributed by atoms with Gasteiger partial charge in [-0.2, -0.15) is 5.01 Å². The van der Waals surface area contributed by atoms with Crippen LogP contribution < -0.4 is 4.74 Å². The Bertz CT molecular complexity index is 1180. The van der Waals surface area contributed by atoms with E-state index in [0.29, 0.717) is 17.7 Å². The molecule has 0 saturated carbocycles. The fourth-order valence-electron chi connectivity index (χ4n) is 4.65. The second kappa shape index (κ2) is 9.43. The lowest BCUT2D eigenvalue weighted by Gasteiger charge is -2.35. The minimum absolute atomic E-state index is 0.0974. The minimum Gasteiger partial charge on any atom is -0.497 e. The molecular weight excluding hydrogens is 456 g/mol. The van der Waals surface area contributed by atoms with Crippen molar-refractivity contribution in [1.29, 1.82) is 0 Å². The van der Waals surface area contributed by atoms with Gasteiger partial charge in [-0.3, -0.25) is 19.2 Å². The van der Waals surface area contributed by atoms with Gasteiger partial charge in [-0.25, -0.2) is 5.01 Å². The Balaban J connectivity index is 1.76. The highest BCUT2D eigenvalue weighted by molar-refractivity contribution is 6.34. The molecule has 0 spiro atoms. The number of methoxy groups -OCH3 is 1. The maximum Gasteiger partial charge on any atom is 0.275 e. The number of amides is 3. The summed E-state index contributed by atoms with van der Waals surface area (Å²) in [7, 11) is 1.52. The van der Waals surface area contributed by atoms with Gasteiger partial charge >= 0.3 is 0 Å². The molecule has 0 bridgehead atoms. The minimum atomic E-state index is -1.14. The Labute approximate surface area is 202 Å². The quantitative estimate of drug-likeness (QED) is 0.352. The number of halogens is 1. The van der Waals surface area contributed by atoms with Crippen LogP contribution in [0.3, 0.4) is 0 Å². The smallest absolute Gasteiger partial charge is 0.275 e. The van der Waals surface area contributed by atoms with E-state index >= 15 is 0 Å². The van der Waals surface area contributed by atoms with Gasteiger partial charge in [-0.05, 0) is 55.7 Å². The third-order valence-corrected chi connectivity index (χ3v) is 6.83. The lowest BCUT2D eigenvalue weighted by atomic mass is 9.78. The lowest BCUT2D eigenvalue weighted by Crippen LogP contribution is -2.56. The molecule has 2 aromatic carbocycles. The van der Waals surface area contributed by atoms with Gasteiger partial charge in [-0.15, -0.1) is 0 Å². The molecule has 34 heavy (non-hydrogen) atoms. The van der Waals surface area contributed by atoms with Gasteiger partial charge in [0, 0.05) is 5.56 Å². The van der Waals surface area contributed by atoms with Crippen molar-refractivity contribution < 1.29 is 23.9 Å². The van der Waals surface area contributed by atoms with Crippen LogP contribution in [0.25, 0.3) is 0 Å². The summed E-state index contributed by atoms with van der Waals surface area (Å²) < 4.78 is 5.15. The van der Waals surface area contributed by atoms with Gasteiger partial charge in [0.2, 0.25) is 0 Å². The second-order valence-corrected chi connectivity index (χ2v) is 8.95. The Morgan fingerprint density at radius 2 is 1.76 bits per heavy atom. The summed E-state index contributed by atoms with van der Waals surface area (Å²) in [5.41, 5.74) is 0.414. The number of rotatable bonds is 6. The Morgan fingerprint density at radius 1 is 1.09 bits per heavy atom. The van der Waals surface area contributed by atoms with Crippen molar-refractivity contribution in [2.45, 2.75) is 26.3 Å². The van der Waals surface area contributed by atoms with E-state index < -0.39 is 41.4 Å². The summed E-state index contributed by atoms with van der Waals surface area (Å²) in [5.74, 6) is -2.83. The van der Waals surface area contributed by atoms with Crippen molar-refractivity contribution in [2.75, 3.05) is 7.11 Å². The number of Topliss-reactive ketones (excluding diaryl/α,β-unsaturated/α-hetero) is 1. The van der Waals surface area contributed by atoms with Gasteiger partial charge in [0.05, 0.1) is 29.5 Å². The van der Waals surface area contributed by atoms with Crippen molar-refractivity contribution in [3.8, 4) is 5.75 Å². The van der Waals surface area contributed by atoms with Crippen LogP contribution in [0.1, 0.15) is 41.0 Å². The van der Waals surface area contributed by atoms with E-state index in [1.54, 1.807) is 42.5 Å². The number of fused-ring (bicyclic) bond motifs is 1. The summed E-state index contributed by atoms with van der Waals surface area (Å²) >= 11 is 6.28. The number of carbonyl (C=O) groups excluding carboxylic acids is 4. The van der Waals surface area contributed by atoms with E-state index in [9.17, 15) is 19.2 Å². The van der Waals surface area contributed by atoms with Gasteiger partial charge in [-0.1, -0.05) is 42.8 Å². The monoisotopic (exact) mass is 480 g/mol. The molecule has 176 valence electrons. The van der Waals surface area contributed by atoms with Crippen molar-refractivity contribution in [3.05, 3.63) is 76.8 Å². The molecule has 0 unspecified atom stereocenters. The molecule has 3 amide bonds. The molecule has 1 heterocycles. The number of hydrogen-bond donors (Lipinski definition) is 0. The fraction of sp³-hybridized carbons (Fsp3) is 0.308. The second-order valence-electron chi connectivity index (χ2n) is 8.54. The van der Waals surface area contributed by atoms with Crippen molar-refractivity contribution >= 4 is 35.1 Å². The van der Waals surface area contributed by atoms with Crippen molar-refractivity contribution in [2.24, 2.45) is 17.8 Å². The molecule has 1 aliphatic carbocycles. The topological polar surface area (TPSA) is 84.0 Å². The Kier molecular flexibility index (Phi) is 6.57. The normalized spacial score (nSPS) is 22.4. The van der Waals surface area contributed by atoms with E-state index in [4.69, 9.17) is 16.3 Å². The number of ether oxygens (including phenoxy) is 1. The number of benzene rings is 2. The molecule has 2 aliphatic rings. The van der Waals surface area contributed by atoms with E-state index in [1.165, 1.54) is 20.1 Å². The molecule has 1 aliphatic heterocycles. The van der Waals surface area contributed by atoms with Crippen LogP contribution in [0.2, 0.25) is 5.02 Å². The molecule has 2 aromatic rings. The Morgan fingerprint density at radius 3 is 2.38 bits per heavy atom. The highest BCUT2D eigenvalue weighted by atomic mass is 35.5. The van der Waals surface area contributed by atoms with E-state index in [2.05, 4.69) is 0 Å². The average Bonchev–Trinajstić information content (AvgIpc) is 3.10. The summed E-state index contributed by atoms with van der Waals surface area (Å²) in [4.78, 5) is 54.0.